The molecule has 24 heavy (non-hydrogen) atoms. The molecule has 128 valence electrons. The quantitative estimate of drug-likeness (QED) is 0.811. The standard InChI is InChI=1S/C16H20N4O4/c1-12-17-18-16(24-12)20-9-7-19(8-10-20)15(21)11-23-14-6-4-3-5-13(14)22-2/h3-6H,7-11H2,1-2H3. The highest BCUT2D eigenvalue weighted by Gasteiger charge is 2.24. The topological polar surface area (TPSA) is 80.9 Å². The van der Waals surface area contributed by atoms with E-state index in [4.69, 9.17) is 13.9 Å². The van der Waals surface area contributed by atoms with E-state index in [2.05, 4.69) is 10.2 Å². The van der Waals surface area contributed by atoms with Crippen LogP contribution in [0, 0.1) is 6.92 Å². The van der Waals surface area contributed by atoms with E-state index in [0.29, 0.717) is 49.6 Å². The fourth-order valence-electron chi connectivity index (χ4n) is 2.53. The van der Waals surface area contributed by atoms with Gasteiger partial charge in [0.2, 0.25) is 5.89 Å². The molecule has 1 aliphatic rings. The number of piperazine rings is 1. The average molecular weight is 332 g/mol. The number of aromatic nitrogens is 2. The number of aryl methyl sites for hydroxylation is 1. The van der Waals surface area contributed by atoms with Crippen LogP contribution in [0.25, 0.3) is 0 Å². The summed E-state index contributed by atoms with van der Waals surface area (Å²) in [6.45, 7) is 4.24. The molecular formula is C16H20N4O4. The molecule has 2 aromatic rings. The van der Waals surface area contributed by atoms with Gasteiger partial charge in [-0.05, 0) is 12.1 Å². The molecule has 1 aromatic heterocycles. The molecule has 0 spiro atoms. The van der Waals surface area contributed by atoms with Crippen LogP contribution in [0.15, 0.2) is 28.7 Å². The smallest absolute Gasteiger partial charge is 0.318 e. The van der Waals surface area contributed by atoms with Gasteiger partial charge in [0, 0.05) is 33.1 Å². The summed E-state index contributed by atoms with van der Waals surface area (Å²) in [5.41, 5.74) is 0. The summed E-state index contributed by atoms with van der Waals surface area (Å²) in [6.07, 6.45) is 0. The number of amides is 1. The van der Waals surface area contributed by atoms with Gasteiger partial charge in [0.05, 0.1) is 7.11 Å². The first kappa shape index (κ1) is 16.1. The Labute approximate surface area is 140 Å². The number of ether oxygens (including phenoxy) is 2. The number of carbonyl (C=O) groups is 1. The van der Waals surface area contributed by atoms with E-state index >= 15 is 0 Å². The molecule has 8 heteroatoms. The zero-order valence-electron chi connectivity index (χ0n) is 13.8. The van der Waals surface area contributed by atoms with Crippen LogP contribution >= 0.6 is 0 Å². The number of hydrogen-bond donors (Lipinski definition) is 0. The van der Waals surface area contributed by atoms with Crippen molar-refractivity contribution in [3.05, 3.63) is 30.2 Å². The summed E-state index contributed by atoms with van der Waals surface area (Å²) in [4.78, 5) is 16.1. The summed E-state index contributed by atoms with van der Waals surface area (Å²) in [5, 5.41) is 7.83. The predicted molar refractivity (Wildman–Crippen MR) is 86.3 cm³/mol. The van der Waals surface area contributed by atoms with Gasteiger partial charge in [-0.15, -0.1) is 5.10 Å². The first-order chi connectivity index (χ1) is 11.7. The first-order valence-corrected chi connectivity index (χ1v) is 7.76. The maximum absolute atomic E-state index is 12.3. The molecule has 1 aromatic carbocycles. The van der Waals surface area contributed by atoms with Gasteiger partial charge >= 0.3 is 6.01 Å². The third-order valence-corrected chi connectivity index (χ3v) is 3.84. The normalized spacial score (nSPS) is 14.6. The van der Waals surface area contributed by atoms with E-state index in [1.165, 1.54) is 0 Å². The van der Waals surface area contributed by atoms with Crippen LogP contribution in [-0.2, 0) is 4.79 Å². The zero-order valence-corrected chi connectivity index (χ0v) is 13.8. The molecule has 0 bridgehead atoms. The molecule has 2 heterocycles. The highest BCUT2D eigenvalue weighted by molar-refractivity contribution is 5.78. The SMILES string of the molecule is COc1ccccc1OCC(=O)N1CCN(c2nnc(C)o2)CC1. The van der Waals surface area contributed by atoms with Crippen LogP contribution in [0.4, 0.5) is 6.01 Å². The lowest BCUT2D eigenvalue weighted by molar-refractivity contribution is -0.133. The number of benzene rings is 1. The zero-order chi connectivity index (χ0) is 16.9. The summed E-state index contributed by atoms with van der Waals surface area (Å²) < 4.78 is 16.2. The first-order valence-electron chi connectivity index (χ1n) is 7.76. The Morgan fingerprint density at radius 1 is 1.17 bits per heavy atom. The van der Waals surface area contributed by atoms with Gasteiger partial charge in [-0.1, -0.05) is 17.2 Å². The average Bonchev–Trinajstić information content (AvgIpc) is 3.06. The lowest BCUT2D eigenvalue weighted by atomic mass is 10.3. The van der Waals surface area contributed by atoms with Crippen LogP contribution in [0.3, 0.4) is 0 Å². The van der Waals surface area contributed by atoms with Crippen molar-refractivity contribution in [1.29, 1.82) is 0 Å². The van der Waals surface area contributed by atoms with E-state index in [9.17, 15) is 4.79 Å². The molecule has 3 rings (SSSR count). The molecule has 8 nitrogen and oxygen atoms in total. The lowest BCUT2D eigenvalue weighted by Gasteiger charge is -2.33. The van der Waals surface area contributed by atoms with Crippen molar-refractivity contribution in [3.8, 4) is 11.5 Å². The fraction of sp³-hybridized carbons (Fsp3) is 0.438. The Balaban J connectivity index is 1.50. The second-order valence-corrected chi connectivity index (χ2v) is 5.41. The third kappa shape index (κ3) is 3.58. The van der Waals surface area contributed by atoms with Crippen LogP contribution in [0.1, 0.15) is 5.89 Å². The van der Waals surface area contributed by atoms with E-state index in [1.807, 2.05) is 17.0 Å². The van der Waals surface area contributed by atoms with E-state index < -0.39 is 0 Å². The van der Waals surface area contributed by atoms with Crippen molar-refractivity contribution < 1.29 is 18.7 Å². The molecule has 1 amide bonds. The van der Waals surface area contributed by atoms with Crippen LogP contribution in [0.5, 0.6) is 11.5 Å². The minimum absolute atomic E-state index is 0.0139. The second kappa shape index (κ2) is 7.20. The summed E-state index contributed by atoms with van der Waals surface area (Å²) >= 11 is 0. The minimum atomic E-state index is -0.0535. The van der Waals surface area contributed by atoms with Gasteiger partial charge in [-0.25, -0.2) is 0 Å². The molecule has 0 N–H and O–H groups in total. The van der Waals surface area contributed by atoms with Crippen molar-refractivity contribution in [1.82, 2.24) is 15.1 Å². The maximum atomic E-state index is 12.3. The number of anilines is 1. The van der Waals surface area contributed by atoms with Crippen molar-refractivity contribution >= 4 is 11.9 Å². The Hall–Kier alpha value is -2.77. The van der Waals surface area contributed by atoms with E-state index in [-0.39, 0.29) is 12.5 Å². The van der Waals surface area contributed by atoms with Crippen molar-refractivity contribution in [2.75, 3.05) is 44.8 Å². The molecule has 1 aliphatic heterocycles. The van der Waals surface area contributed by atoms with Gasteiger partial charge < -0.3 is 23.7 Å². The molecule has 0 radical (unpaired) electrons. The number of hydrogen-bond acceptors (Lipinski definition) is 7. The molecule has 0 aliphatic carbocycles. The summed E-state index contributed by atoms with van der Waals surface area (Å²) in [5.74, 6) is 1.66. The molecule has 1 fully saturated rings. The Bertz CT molecular complexity index is 695. The lowest BCUT2D eigenvalue weighted by Crippen LogP contribution is -2.50. The number of para-hydroxylation sites is 2. The molecular weight excluding hydrogens is 312 g/mol. The fourth-order valence-corrected chi connectivity index (χ4v) is 2.53. The van der Waals surface area contributed by atoms with E-state index in [0.717, 1.165) is 0 Å². The highest BCUT2D eigenvalue weighted by atomic mass is 16.5. The van der Waals surface area contributed by atoms with Crippen molar-refractivity contribution in [2.45, 2.75) is 6.92 Å². The van der Waals surface area contributed by atoms with Crippen molar-refractivity contribution in [3.63, 3.8) is 0 Å². The predicted octanol–water partition coefficient (Wildman–Crippen LogP) is 1.11. The number of carbonyl (C=O) groups excluding carboxylic acids is 1. The third-order valence-electron chi connectivity index (χ3n) is 3.84. The van der Waals surface area contributed by atoms with Gasteiger partial charge in [-0.3, -0.25) is 4.79 Å². The largest absolute Gasteiger partial charge is 0.493 e. The van der Waals surface area contributed by atoms with Gasteiger partial charge in [0.15, 0.2) is 18.1 Å². The maximum Gasteiger partial charge on any atom is 0.318 e. The van der Waals surface area contributed by atoms with Crippen LogP contribution in [-0.4, -0.2) is 60.9 Å². The van der Waals surface area contributed by atoms with Gasteiger partial charge in [0.25, 0.3) is 5.91 Å². The van der Waals surface area contributed by atoms with Gasteiger partial charge in [-0.2, -0.15) is 0 Å². The van der Waals surface area contributed by atoms with Crippen molar-refractivity contribution in [2.24, 2.45) is 0 Å². The summed E-state index contributed by atoms with van der Waals surface area (Å²) in [7, 11) is 1.57. The van der Waals surface area contributed by atoms with E-state index in [1.54, 1.807) is 31.1 Å². The second-order valence-electron chi connectivity index (χ2n) is 5.41. The Kier molecular flexibility index (Phi) is 4.83. The number of methoxy groups -OCH3 is 1. The molecule has 0 atom stereocenters. The summed E-state index contributed by atoms with van der Waals surface area (Å²) in [6, 6.07) is 7.77. The molecule has 0 unspecified atom stereocenters. The number of rotatable bonds is 5. The molecule has 1 saturated heterocycles. The Morgan fingerprint density at radius 3 is 2.50 bits per heavy atom. The van der Waals surface area contributed by atoms with Gasteiger partial charge in [0.1, 0.15) is 0 Å². The Morgan fingerprint density at radius 2 is 1.88 bits per heavy atom. The minimum Gasteiger partial charge on any atom is -0.493 e. The number of nitrogens with zero attached hydrogens (tertiary/aromatic N) is 4. The van der Waals surface area contributed by atoms with Crippen LogP contribution < -0.4 is 14.4 Å². The molecule has 0 saturated carbocycles. The monoisotopic (exact) mass is 332 g/mol. The highest BCUT2D eigenvalue weighted by Crippen LogP contribution is 2.25. The van der Waals surface area contributed by atoms with Crippen LogP contribution in [0.2, 0.25) is 0 Å².